The molecule has 2 N–H and O–H groups in total. The molecular formula is C25H28F3N7. The van der Waals surface area contributed by atoms with Crippen LogP contribution in [0.25, 0.3) is 16.9 Å². The Morgan fingerprint density at radius 3 is 2.29 bits per heavy atom. The zero-order chi connectivity index (χ0) is 24.2. The zero-order valence-electron chi connectivity index (χ0n) is 19.4. The molecule has 7 nitrogen and oxygen atoms in total. The molecule has 2 aliphatic heterocycles. The average molecular weight is 484 g/mol. The van der Waals surface area contributed by atoms with Gasteiger partial charge in [-0.15, -0.1) is 0 Å². The van der Waals surface area contributed by atoms with Crippen molar-refractivity contribution < 1.29 is 13.2 Å². The smallest absolute Gasteiger partial charge is 0.251 e. The Labute approximate surface area is 201 Å². The van der Waals surface area contributed by atoms with E-state index in [1.54, 1.807) is 22.0 Å². The molecule has 6 rings (SSSR count). The topological polar surface area (TPSA) is 76.1 Å². The molecule has 0 atom stereocenters. The number of piperidine rings is 2. The fourth-order valence-corrected chi connectivity index (χ4v) is 5.21. The monoisotopic (exact) mass is 483 g/mol. The highest BCUT2D eigenvalue weighted by atomic mass is 19.3. The normalized spacial score (nSPS) is 20.9. The van der Waals surface area contributed by atoms with Gasteiger partial charge in [-0.3, -0.25) is 0 Å². The van der Waals surface area contributed by atoms with Gasteiger partial charge in [0.2, 0.25) is 5.95 Å². The van der Waals surface area contributed by atoms with E-state index in [2.05, 4.69) is 20.0 Å². The van der Waals surface area contributed by atoms with Crippen molar-refractivity contribution in [3.63, 3.8) is 0 Å². The second kappa shape index (κ2) is 8.13. The molecule has 3 aliphatic rings. The molecule has 0 unspecified atom stereocenters. The molecule has 0 amide bonds. The molecule has 3 fully saturated rings. The summed E-state index contributed by atoms with van der Waals surface area (Å²) in [5.74, 6) is -3.01. The Kier molecular flexibility index (Phi) is 5.16. The number of hydrogen-bond acceptors (Lipinski definition) is 6. The van der Waals surface area contributed by atoms with E-state index in [-0.39, 0.29) is 37.6 Å². The fraction of sp³-hybridized carbons (Fsp3) is 0.480. The van der Waals surface area contributed by atoms with E-state index >= 15 is 0 Å². The first-order valence-electron chi connectivity index (χ1n) is 12.2. The molecule has 1 spiro atoms. The summed E-state index contributed by atoms with van der Waals surface area (Å²) >= 11 is 0. The number of rotatable bonds is 4. The number of nitrogen functional groups attached to an aromatic ring is 1. The van der Waals surface area contributed by atoms with Gasteiger partial charge in [-0.1, -0.05) is 0 Å². The molecule has 1 aliphatic carbocycles. The summed E-state index contributed by atoms with van der Waals surface area (Å²) in [6.07, 6.45) is 8.90. The van der Waals surface area contributed by atoms with Crippen molar-refractivity contribution in [1.29, 1.82) is 0 Å². The largest absolute Gasteiger partial charge is 0.399 e. The molecular weight excluding hydrogens is 455 g/mol. The van der Waals surface area contributed by atoms with Crippen LogP contribution >= 0.6 is 0 Å². The first-order valence-corrected chi connectivity index (χ1v) is 12.2. The third kappa shape index (κ3) is 4.30. The molecule has 2 aromatic heterocycles. The minimum atomic E-state index is -2.68. The number of aromatic nitrogens is 4. The lowest BCUT2D eigenvalue weighted by molar-refractivity contribution is -0.0222. The van der Waals surface area contributed by atoms with Crippen LogP contribution in [0.1, 0.15) is 38.5 Å². The van der Waals surface area contributed by atoms with Crippen molar-refractivity contribution in [3.05, 3.63) is 42.6 Å². The molecule has 3 aromatic rings. The summed E-state index contributed by atoms with van der Waals surface area (Å²) in [6, 6.07) is 5.73. The van der Waals surface area contributed by atoms with Gasteiger partial charge in [0, 0.05) is 56.5 Å². The van der Waals surface area contributed by atoms with Crippen molar-refractivity contribution in [2.24, 2.45) is 5.41 Å². The third-order valence-electron chi connectivity index (χ3n) is 7.73. The molecule has 0 bridgehead atoms. The SMILES string of the molecule is Nc1ccc(-n2cc(-c3nc(N4CCC(F)(F)CC4)ncc3F)cn2)c(N2CCC3(CC2)CC3)c1. The molecule has 1 saturated carbocycles. The quantitative estimate of drug-likeness (QED) is 0.544. The summed E-state index contributed by atoms with van der Waals surface area (Å²) < 4.78 is 43.5. The number of anilines is 3. The molecule has 4 heterocycles. The van der Waals surface area contributed by atoms with Gasteiger partial charge in [0.05, 0.1) is 23.8 Å². The van der Waals surface area contributed by atoms with E-state index in [4.69, 9.17) is 5.73 Å². The van der Waals surface area contributed by atoms with Gasteiger partial charge in [0.15, 0.2) is 5.82 Å². The molecule has 35 heavy (non-hydrogen) atoms. The Hall–Kier alpha value is -3.30. The van der Waals surface area contributed by atoms with Crippen LogP contribution in [0.2, 0.25) is 0 Å². The first-order chi connectivity index (χ1) is 16.8. The maximum Gasteiger partial charge on any atom is 0.251 e. The predicted molar refractivity (Wildman–Crippen MR) is 128 cm³/mol. The van der Waals surface area contributed by atoms with Crippen LogP contribution in [0.3, 0.4) is 0 Å². The maximum atomic E-state index is 14.7. The number of alkyl halides is 2. The van der Waals surface area contributed by atoms with Crippen LogP contribution in [-0.4, -0.2) is 51.8 Å². The Balaban J connectivity index is 1.28. The number of nitrogens with two attached hydrogens (primary N) is 1. The van der Waals surface area contributed by atoms with Crippen LogP contribution in [0, 0.1) is 11.2 Å². The van der Waals surface area contributed by atoms with Crippen molar-refractivity contribution in [2.75, 3.05) is 41.7 Å². The van der Waals surface area contributed by atoms with Crippen LogP contribution in [-0.2, 0) is 0 Å². The molecule has 10 heteroatoms. The van der Waals surface area contributed by atoms with Gasteiger partial charge >= 0.3 is 0 Å². The molecule has 2 saturated heterocycles. The summed E-state index contributed by atoms with van der Waals surface area (Å²) in [6.45, 7) is 2.21. The maximum absolute atomic E-state index is 14.7. The van der Waals surface area contributed by atoms with Gasteiger partial charge in [-0.25, -0.2) is 27.8 Å². The van der Waals surface area contributed by atoms with Crippen LogP contribution in [0.5, 0.6) is 0 Å². The number of benzene rings is 1. The van der Waals surface area contributed by atoms with Gasteiger partial charge in [0.25, 0.3) is 5.92 Å². The predicted octanol–water partition coefficient (Wildman–Crippen LogP) is 4.67. The van der Waals surface area contributed by atoms with Gasteiger partial charge in [-0.05, 0) is 49.3 Å². The van der Waals surface area contributed by atoms with E-state index in [1.807, 2.05) is 18.2 Å². The lowest BCUT2D eigenvalue weighted by Gasteiger charge is -2.35. The van der Waals surface area contributed by atoms with Crippen LogP contribution < -0.4 is 15.5 Å². The van der Waals surface area contributed by atoms with E-state index in [9.17, 15) is 13.2 Å². The fourth-order valence-electron chi connectivity index (χ4n) is 5.21. The highest BCUT2D eigenvalue weighted by Crippen LogP contribution is 2.54. The highest BCUT2D eigenvalue weighted by Gasteiger charge is 2.44. The van der Waals surface area contributed by atoms with E-state index < -0.39 is 11.7 Å². The number of halogens is 3. The highest BCUT2D eigenvalue weighted by molar-refractivity contribution is 5.69. The lowest BCUT2D eigenvalue weighted by Crippen LogP contribution is -2.40. The third-order valence-corrected chi connectivity index (χ3v) is 7.73. The van der Waals surface area contributed by atoms with E-state index in [0.29, 0.717) is 16.7 Å². The average Bonchev–Trinajstić information content (AvgIpc) is 3.41. The molecule has 0 radical (unpaired) electrons. The molecule has 184 valence electrons. The van der Waals surface area contributed by atoms with Crippen LogP contribution in [0.4, 0.5) is 30.5 Å². The van der Waals surface area contributed by atoms with Crippen molar-refractivity contribution in [3.8, 4) is 16.9 Å². The minimum absolute atomic E-state index is 0.101. The van der Waals surface area contributed by atoms with Crippen molar-refractivity contribution >= 4 is 17.3 Å². The van der Waals surface area contributed by atoms with Gasteiger partial charge < -0.3 is 15.5 Å². The molecule has 1 aromatic carbocycles. The number of hydrogen-bond donors (Lipinski definition) is 1. The second-order valence-corrected chi connectivity index (χ2v) is 10.1. The number of nitrogens with zero attached hydrogens (tertiary/aromatic N) is 6. The summed E-state index contributed by atoms with van der Waals surface area (Å²) in [4.78, 5) is 12.5. The van der Waals surface area contributed by atoms with E-state index in [0.717, 1.165) is 30.7 Å². The van der Waals surface area contributed by atoms with Crippen LogP contribution in [0.15, 0.2) is 36.8 Å². The van der Waals surface area contributed by atoms with E-state index in [1.165, 1.54) is 25.7 Å². The standard InChI is InChI=1S/C25H28F3N7/c26-19-15-30-23(34-11-7-25(27,28)8-12-34)32-22(19)17-14-31-35(16-17)20-2-1-18(29)13-21(20)33-9-5-24(3-4-24)6-10-33/h1-2,13-16H,3-12,29H2. The summed E-state index contributed by atoms with van der Waals surface area (Å²) in [7, 11) is 0. The van der Waals surface area contributed by atoms with Gasteiger partial charge in [0.1, 0.15) is 5.69 Å². The van der Waals surface area contributed by atoms with Crippen molar-refractivity contribution in [2.45, 2.75) is 44.4 Å². The van der Waals surface area contributed by atoms with Gasteiger partial charge in [-0.2, -0.15) is 5.10 Å². The Morgan fingerprint density at radius 1 is 0.857 bits per heavy atom. The lowest BCUT2D eigenvalue weighted by atomic mass is 9.93. The Bertz CT molecular complexity index is 1230. The first kappa shape index (κ1) is 22.2. The van der Waals surface area contributed by atoms with Crippen molar-refractivity contribution in [1.82, 2.24) is 19.7 Å². The Morgan fingerprint density at radius 2 is 1.57 bits per heavy atom. The summed E-state index contributed by atoms with van der Waals surface area (Å²) in [5, 5.41) is 4.50. The zero-order valence-corrected chi connectivity index (χ0v) is 19.4. The minimum Gasteiger partial charge on any atom is -0.399 e. The summed E-state index contributed by atoms with van der Waals surface area (Å²) in [5.41, 5.74) is 9.83. The second-order valence-electron chi connectivity index (χ2n) is 10.1.